The van der Waals surface area contributed by atoms with Gasteiger partial charge in [0.15, 0.2) is 0 Å². The Kier molecular flexibility index (Phi) is 2.26. The van der Waals surface area contributed by atoms with E-state index in [1.165, 1.54) is 0 Å². The first-order chi connectivity index (χ1) is 7.16. The van der Waals surface area contributed by atoms with Gasteiger partial charge in [-0.2, -0.15) is 0 Å². The predicted molar refractivity (Wildman–Crippen MR) is 53.2 cm³/mol. The van der Waals surface area contributed by atoms with Crippen LogP contribution < -0.4 is 9.47 Å². The highest BCUT2D eigenvalue weighted by atomic mass is 16.5. The van der Waals surface area contributed by atoms with Crippen molar-refractivity contribution in [1.29, 1.82) is 0 Å². The van der Waals surface area contributed by atoms with Gasteiger partial charge in [0.25, 0.3) is 0 Å². The molecule has 0 radical (unpaired) electrons. The Labute approximate surface area is 87.4 Å². The van der Waals surface area contributed by atoms with Gasteiger partial charge in [0.05, 0.1) is 7.11 Å². The maximum Gasteiger partial charge on any atom is 0.348 e. The van der Waals surface area contributed by atoms with E-state index >= 15 is 0 Å². The zero-order chi connectivity index (χ0) is 10.9. The second-order valence-corrected chi connectivity index (χ2v) is 3.58. The van der Waals surface area contributed by atoms with Crippen molar-refractivity contribution in [2.45, 2.75) is 18.4 Å². The van der Waals surface area contributed by atoms with Crippen LogP contribution in [0.25, 0.3) is 0 Å². The van der Waals surface area contributed by atoms with E-state index in [-0.39, 0.29) is 0 Å². The number of carbonyl (C=O) groups is 1. The molecule has 4 nitrogen and oxygen atoms in total. The lowest BCUT2D eigenvalue weighted by Gasteiger charge is -2.13. The third-order valence-electron chi connectivity index (χ3n) is 2.45. The number of rotatable bonds is 4. The summed E-state index contributed by atoms with van der Waals surface area (Å²) >= 11 is 0. The van der Waals surface area contributed by atoms with Gasteiger partial charge in [0.2, 0.25) is 5.60 Å². The van der Waals surface area contributed by atoms with Gasteiger partial charge in [0, 0.05) is 18.9 Å². The molecule has 0 atom stereocenters. The minimum atomic E-state index is -0.994. The molecule has 15 heavy (non-hydrogen) atoms. The third-order valence-corrected chi connectivity index (χ3v) is 2.45. The van der Waals surface area contributed by atoms with Gasteiger partial charge in [-0.25, -0.2) is 4.79 Å². The Morgan fingerprint density at radius 2 is 2.07 bits per heavy atom. The van der Waals surface area contributed by atoms with E-state index in [0.717, 1.165) is 0 Å². The molecule has 1 fully saturated rings. The standard InChI is InChI=1S/C11H12O4/c1-14-8-3-2-4-9(7-8)15-11(5-6-11)10(12)13/h2-4,7H,5-6H2,1H3,(H,12,13). The maximum absolute atomic E-state index is 10.9. The number of hydrogen-bond acceptors (Lipinski definition) is 3. The molecule has 0 aliphatic heterocycles. The number of aliphatic carboxylic acids is 1. The molecular formula is C11H12O4. The fraction of sp³-hybridized carbons (Fsp3) is 0.364. The number of methoxy groups -OCH3 is 1. The smallest absolute Gasteiger partial charge is 0.348 e. The van der Waals surface area contributed by atoms with Crippen LogP contribution in [0.15, 0.2) is 24.3 Å². The lowest BCUT2D eigenvalue weighted by molar-refractivity contribution is -0.147. The SMILES string of the molecule is COc1cccc(OC2(C(=O)O)CC2)c1. The predicted octanol–water partition coefficient (Wildman–Crippen LogP) is 1.69. The van der Waals surface area contributed by atoms with E-state index in [2.05, 4.69) is 0 Å². The Bertz CT molecular complexity index is 382. The molecule has 4 heteroatoms. The van der Waals surface area contributed by atoms with Gasteiger partial charge in [-0.3, -0.25) is 0 Å². The molecule has 0 unspecified atom stereocenters. The molecule has 1 N–H and O–H groups in total. The molecular weight excluding hydrogens is 196 g/mol. The highest BCUT2D eigenvalue weighted by Crippen LogP contribution is 2.40. The molecule has 1 aliphatic carbocycles. The van der Waals surface area contributed by atoms with E-state index < -0.39 is 11.6 Å². The Morgan fingerprint density at radius 1 is 1.40 bits per heavy atom. The average molecular weight is 208 g/mol. The maximum atomic E-state index is 10.9. The highest BCUT2D eigenvalue weighted by molar-refractivity contribution is 5.81. The van der Waals surface area contributed by atoms with Crippen LogP contribution in [0.3, 0.4) is 0 Å². The summed E-state index contributed by atoms with van der Waals surface area (Å²) < 4.78 is 10.5. The Hall–Kier alpha value is -1.71. The molecule has 2 rings (SSSR count). The van der Waals surface area contributed by atoms with E-state index in [4.69, 9.17) is 14.6 Å². The van der Waals surface area contributed by atoms with Crippen LogP contribution in [0, 0.1) is 0 Å². The molecule has 1 aromatic rings. The Balaban J connectivity index is 2.14. The van der Waals surface area contributed by atoms with Crippen LogP contribution in [0.4, 0.5) is 0 Å². The molecule has 0 aromatic heterocycles. The summed E-state index contributed by atoms with van der Waals surface area (Å²) in [6.07, 6.45) is 1.14. The summed E-state index contributed by atoms with van der Waals surface area (Å²) in [7, 11) is 1.56. The second kappa shape index (κ2) is 3.46. The third kappa shape index (κ3) is 1.88. The summed E-state index contributed by atoms with van der Waals surface area (Å²) in [6, 6.07) is 6.97. The van der Waals surface area contributed by atoms with Gasteiger partial charge >= 0.3 is 5.97 Å². The number of hydrogen-bond donors (Lipinski definition) is 1. The van der Waals surface area contributed by atoms with Crippen LogP contribution in [-0.4, -0.2) is 23.8 Å². The summed E-state index contributed by atoms with van der Waals surface area (Å²) in [4.78, 5) is 10.9. The minimum absolute atomic E-state index is 0.536. The average Bonchev–Trinajstić information content (AvgIpc) is 2.99. The van der Waals surface area contributed by atoms with Crippen LogP contribution in [-0.2, 0) is 4.79 Å². The van der Waals surface area contributed by atoms with E-state index in [0.29, 0.717) is 24.3 Å². The molecule has 1 aromatic carbocycles. The van der Waals surface area contributed by atoms with Crippen LogP contribution in [0.1, 0.15) is 12.8 Å². The minimum Gasteiger partial charge on any atom is -0.497 e. The molecule has 80 valence electrons. The van der Waals surface area contributed by atoms with Crippen LogP contribution >= 0.6 is 0 Å². The van der Waals surface area contributed by atoms with Crippen molar-refractivity contribution in [1.82, 2.24) is 0 Å². The first kappa shape index (κ1) is 9.83. The fourth-order valence-corrected chi connectivity index (χ4v) is 1.36. The molecule has 1 aliphatic rings. The van der Waals surface area contributed by atoms with Gasteiger partial charge < -0.3 is 14.6 Å². The first-order valence-electron chi connectivity index (χ1n) is 4.73. The topological polar surface area (TPSA) is 55.8 Å². The van der Waals surface area contributed by atoms with Gasteiger partial charge in [0.1, 0.15) is 11.5 Å². The Morgan fingerprint density at radius 3 is 2.60 bits per heavy atom. The molecule has 0 amide bonds. The van der Waals surface area contributed by atoms with E-state index in [1.807, 2.05) is 0 Å². The van der Waals surface area contributed by atoms with Crippen molar-refractivity contribution >= 4 is 5.97 Å². The summed E-state index contributed by atoms with van der Waals surface area (Å²) in [5, 5.41) is 8.94. The molecule has 0 spiro atoms. The second-order valence-electron chi connectivity index (χ2n) is 3.58. The highest BCUT2D eigenvalue weighted by Gasteiger charge is 2.53. The fourth-order valence-electron chi connectivity index (χ4n) is 1.36. The van der Waals surface area contributed by atoms with Gasteiger partial charge in [-0.1, -0.05) is 6.07 Å². The number of ether oxygens (including phenoxy) is 2. The first-order valence-corrected chi connectivity index (χ1v) is 4.73. The van der Waals surface area contributed by atoms with Crippen molar-refractivity contribution in [3.05, 3.63) is 24.3 Å². The summed E-state index contributed by atoms with van der Waals surface area (Å²) in [6.45, 7) is 0. The van der Waals surface area contributed by atoms with Gasteiger partial charge in [-0.15, -0.1) is 0 Å². The lowest BCUT2D eigenvalue weighted by Crippen LogP contribution is -2.28. The van der Waals surface area contributed by atoms with Crippen molar-refractivity contribution in [3.63, 3.8) is 0 Å². The molecule has 0 heterocycles. The monoisotopic (exact) mass is 208 g/mol. The molecule has 0 saturated heterocycles. The van der Waals surface area contributed by atoms with Crippen molar-refractivity contribution < 1.29 is 19.4 Å². The number of carboxylic acid groups (broad SMARTS) is 1. The largest absolute Gasteiger partial charge is 0.497 e. The quantitative estimate of drug-likeness (QED) is 0.818. The number of carboxylic acids is 1. The summed E-state index contributed by atoms with van der Waals surface area (Å²) in [5.74, 6) is 0.299. The summed E-state index contributed by atoms with van der Waals surface area (Å²) in [5.41, 5.74) is -0.994. The van der Waals surface area contributed by atoms with Crippen LogP contribution in [0.2, 0.25) is 0 Å². The van der Waals surface area contributed by atoms with Crippen molar-refractivity contribution in [2.75, 3.05) is 7.11 Å². The normalized spacial score (nSPS) is 16.9. The lowest BCUT2D eigenvalue weighted by atomic mass is 10.3. The molecule has 1 saturated carbocycles. The van der Waals surface area contributed by atoms with Crippen LogP contribution in [0.5, 0.6) is 11.5 Å². The van der Waals surface area contributed by atoms with E-state index in [1.54, 1.807) is 31.4 Å². The zero-order valence-electron chi connectivity index (χ0n) is 8.40. The van der Waals surface area contributed by atoms with Crippen molar-refractivity contribution in [2.24, 2.45) is 0 Å². The van der Waals surface area contributed by atoms with E-state index in [9.17, 15) is 4.79 Å². The number of benzene rings is 1. The van der Waals surface area contributed by atoms with Crippen molar-refractivity contribution in [3.8, 4) is 11.5 Å². The zero-order valence-corrected chi connectivity index (χ0v) is 8.40. The van der Waals surface area contributed by atoms with Gasteiger partial charge in [-0.05, 0) is 12.1 Å². The molecule has 0 bridgehead atoms.